The van der Waals surface area contributed by atoms with Gasteiger partial charge < -0.3 is 14.6 Å². The summed E-state index contributed by atoms with van der Waals surface area (Å²) in [4.78, 5) is 21.8. The average Bonchev–Trinajstić information content (AvgIpc) is 2.93. The van der Waals surface area contributed by atoms with E-state index < -0.39 is 5.60 Å². The van der Waals surface area contributed by atoms with E-state index in [0.29, 0.717) is 39.6 Å². The van der Waals surface area contributed by atoms with Crippen LogP contribution in [0.15, 0.2) is 73.1 Å². The van der Waals surface area contributed by atoms with Gasteiger partial charge in [0, 0.05) is 41.1 Å². The minimum atomic E-state index is -1.38. The van der Waals surface area contributed by atoms with Crippen molar-refractivity contribution in [3.8, 4) is 33.9 Å². The molecule has 2 heterocycles. The van der Waals surface area contributed by atoms with Crippen molar-refractivity contribution in [3.63, 3.8) is 0 Å². The number of carbonyl (C=O) groups is 1. The molecule has 1 unspecified atom stereocenters. The molecular weight excluding hydrogens is 471 g/mol. The van der Waals surface area contributed by atoms with Crippen LogP contribution < -0.4 is 9.47 Å². The van der Waals surface area contributed by atoms with Crippen molar-refractivity contribution in [1.29, 1.82) is 0 Å². The Morgan fingerprint density at radius 3 is 2.46 bits per heavy atom. The van der Waals surface area contributed by atoms with Gasteiger partial charge in [0.25, 0.3) is 0 Å². The van der Waals surface area contributed by atoms with Crippen molar-refractivity contribution < 1.29 is 23.8 Å². The summed E-state index contributed by atoms with van der Waals surface area (Å²) in [7, 11) is 3.09. The Labute approximate surface area is 215 Å². The second-order valence-corrected chi connectivity index (χ2v) is 9.07. The van der Waals surface area contributed by atoms with E-state index >= 15 is 0 Å². The van der Waals surface area contributed by atoms with Gasteiger partial charge in [-0.3, -0.25) is 9.78 Å². The van der Waals surface area contributed by atoms with Crippen molar-refractivity contribution in [2.75, 3.05) is 14.2 Å². The zero-order valence-corrected chi connectivity index (χ0v) is 21.3. The molecule has 6 nitrogen and oxygen atoms in total. The number of halogens is 1. The van der Waals surface area contributed by atoms with Gasteiger partial charge in [0.15, 0.2) is 5.78 Å². The lowest BCUT2D eigenvalue weighted by Crippen LogP contribution is -2.24. The lowest BCUT2D eigenvalue weighted by Gasteiger charge is -2.24. The van der Waals surface area contributed by atoms with Crippen LogP contribution in [0.1, 0.15) is 41.4 Å². The van der Waals surface area contributed by atoms with Crippen LogP contribution >= 0.6 is 0 Å². The number of nitrogens with zero attached hydrogens (tertiary/aromatic N) is 2. The summed E-state index contributed by atoms with van der Waals surface area (Å²) in [5, 5.41) is 11.3. The Morgan fingerprint density at radius 2 is 1.78 bits per heavy atom. The van der Waals surface area contributed by atoms with E-state index in [4.69, 9.17) is 9.47 Å². The van der Waals surface area contributed by atoms with Crippen molar-refractivity contribution in [2.24, 2.45) is 0 Å². The van der Waals surface area contributed by atoms with E-state index in [9.17, 15) is 14.3 Å². The van der Waals surface area contributed by atoms with Gasteiger partial charge in [0.05, 0.1) is 19.9 Å². The monoisotopic (exact) mass is 500 g/mol. The molecule has 0 aliphatic carbocycles. The van der Waals surface area contributed by atoms with Crippen molar-refractivity contribution in [2.45, 2.75) is 32.3 Å². The van der Waals surface area contributed by atoms with E-state index in [1.54, 1.807) is 69.7 Å². The highest BCUT2D eigenvalue weighted by atomic mass is 19.1. The van der Waals surface area contributed by atoms with Gasteiger partial charge in [0.1, 0.15) is 28.6 Å². The molecular formula is C30H29FN2O4. The van der Waals surface area contributed by atoms with Gasteiger partial charge in [-0.15, -0.1) is 0 Å². The first-order valence-electron chi connectivity index (χ1n) is 11.9. The highest BCUT2D eigenvalue weighted by molar-refractivity contribution is 5.97. The summed E-state index contributed by atoms with van der Waals surface area (Å²) >= 11 is 0. The molecule has 0 aliphatic rings. The van der Waals surface area contributed by atoms with Crippen LogP contribution in [0, 0.1) is 12.7 Å². The number of ketones is 1. The maximum absolute atomic E-state index is 13.8. The summed E-state index contributed by atoms with van der Waals surface area (Å²) in [6.07, 6.45) is 3.68. The largest absolute Gasteiger partial charge is 0.496 e. The average molecular weight is 501 g/mol. The highest BCUT2D eigenvalue weighted by Crippen LogP contribution is 2.35. The maximum Gasteiger partial charge on any atom is 0.163 e. The third-order valence-corrected chi connectivity index (χ3v) is 6.40. The number of aryl methyl sites for hydroxylation is 1. The molecule has 0 aliphatic heterocycles. The van der Waals surface area contributed by atoms with Crippen LogP contribution in [-0.4, -0.2) is 35.1 Å². The molecule has 1 atom stereocenters. The van der Waals surface area contributed by atoms with Gasteiger partial charge in [-0.05, 0) is 74.4 Å². The van der Waals surface area contributed by atoms with Crippen LogP contribution in [0.2, 0.25) is 0 Å². The number of aliphatic hydroxyl groups is 1. The van der Waals surface area contributed by atoms with Crippen molar-refractivity contribution in [1.82, 2.24) is 9.97 Å². The van der Waals surface area contributed by atoms with Crippen LogP contribution in [-0.2, 0) is 5.60 Å². The van der Waals surface area contributed by atoms with Crippen LogP contribution in [0.3, 0.4) is 0 Å². The van der Waals surface area contributed by atoms with Gasteiger partial charge >= 0.3 is 0 Å². The van der Waals surface area contributed by atoms with E-state index in [-0.39, 0.29) is 24.4 Å². The molecule has 0 fully saturated rings. The fraction of sp³-hybridized carbons (Fsp3) is 0.233. The van der Waals surface area contributed by atoms with E-state index in [0.717, 1.165) is 11.1 Å². The predicted molar refractivity (Wildman–Crippen MR) is 140 cm³/mol. The van der Waals surface area contributed by atoms with Gasteiger partial charge in [-0.2, -0.15) is 0 Å². The lowest BCUT2D eigenvalue weighted by atomic mass is 9.91. The second-order valence-electron chi connectivity index (χ2n) is 9.07. The molecule has 37 heavy (non-hydrogen) atoms. The van der Waals surface area contributed by atoms with Crippen molar-refractivity contribution in [3.05, 3.63) is 95.7 Å². The number of benzene rings is 2. The summed E-state index contributed by atoms with van der Waals surface area (Å²) in [6, 6.07) is 17.1. The standard InChI is InChI=1S/C30H29FN2O4/c1-19-16-21(8-10-24(19)31)29-26(36-3)11-12-28(33-29)30(2,35)14-13-25(34)20-7-9-23(27(17-20)37-4)22-6-5-15-32-18-22/h5-12,15-18,35H,13-14H2,1-4H3. The minimum absolute atomic E-state index is 0.0983. The number of Topliss-reactive ketones (excluding diaryl/α,β-unsaturated/α-hetero) is 1. The Bertz CT molecular complexity index is 1420. The van der Waals surface area contributed by atoms with E-state index in [2.05, 4.69) is 9.97 Å². The molecule has 0 radical (unpaired) electrons. The molecule has 4 rings (SSSR count). The molecule has 0 spiro atoms. The fourth-order valence-electron chi connectivity index (χ4n) is 4.16. The SMILES string of the molecule is COc1cc(C(=O)CCC(C)(O)c2ccc(OC)c(-c3ccc(F)c(C)c3)n2)ccc1-c1cccnc1. The second kappa shape index (κ2) is 10.9. The first-order chi connectivity index (χ1) is 17.7. The van der Waals surface area contributed by atoms with Crippen molar-refractivity contribution >= 4 is 5.78 Å². The number of hydrogen-bond acceptors (Lipinski definition) is 6. The number of methoxy groups -OCH3 is 2. The van der Waals surface area contributed by atoms with E-state index in [1.807, 2.05) is 18.2 Å². The number of pyridine rings is 2. The molecule has 7 heteroatoms. The minimum Gasteiger partial charge on any atom is -0.496 e. The zero-order valence-electron chi connectivity index (χ0n) is 21.3. The summed E-state index contributed by atoms with van der Waals surface area (Å²) in [6.45, 7) is 3.30. The number of aromatic nitrogens is 2. The predicted octanol–water partition coefficient (Wildman–Crippen LogP) is 6.15. The normalized spacial score (nSPS) is 12.6. The molecule has 1 N–H and O–H groups in total. The molecule has 4 aromatic rings. The smallest absolute Gasteiger partial charge is 0.163 e. The third-order valence-electron chi connectivity index (χ3n) is 6.40. The fourth-order valence-corrected chi connectivity index (χ4v) is 4.16. The maximum atomic E-state index is 13.8. The summed E-state index contributed by atoms with van der Waals surface area (Å²) in [5.74, 6) is 0.637. The van der Waals surface area contributed by atoms with Gasteiger partial charge in [-0.25, -0.2) is 9.37 Å². The molecule has 2 aromatic heterocycles. The van der Waals surface area contributed by atoms with Crippen LogP contribution in [0.25, 0.3) is 22.4 Å². The molecule has 190 valence electrons. The number of rotatable bonds is 9. The number of ether oxygens (including phenoxy) is 2. The third kappa shape index (κ3) is 5.67. The molecule has 2 aromatic carbocycles. The summed E-state index contributed by atoms with van der Waals surface area (Å²) < 4.78 is 24.8. The lowest BCUT2D eigenvalue weighted by molar-refractivity contribution is 0.0397. The molecule has 0 saturated carbocycles. The van der Waals surface area contributed by atoms with Gasteiger partial charge in [-0.1, -0.05) is 12.1 Å². The first kappa shape index (κ1) is 26.0. The molecule has 0 bridgehead atoms. The van der Waals surface area contributed by atoms with E-state index in [1.165, 1.54) is 13.2 Å². The zero-order chi connectivity index (χ0) is 26.6. The molecule has 0 amide bonds. The Morgan fingerprint density at radius 1 is 1.00 bits per heavy atom. The topological polar surface area (TPSA) is 81.5 Å². The van der Waals surface area contributed by atoms with Crippen LogP contribution in [0.4, 0.5) is 4.39 Å². The number of carbonyl (C=O) groups excluding carboxylic acids is 1. The molecule has 0 saturated heterocycles. The first-order valence-corrected chi connectivity index (χ1v) is 11.9. The quantitative estimate of drug-likeness (QED) is 0.278. The summed E-state index contributed by atoms with van der Waals surface area (Å²) in [5.41, 5.74) is 2.87. The highest BCUT2D eigenvalue weighted by Gasteiger charge is 2.27. The Kier molecular flexibility index (Phi) is 7.64. The Hall–Kier alpha value is -4.10. The number of hydrogen-bond donors (Lipinski definition) is 1. The Balaban J connectivity index is 1.54. The van der Waals surface area contributed by atoms with Crippen LogP contribution in [0.5, 0.6) is 11.5 Å². The van der Waals surface area contributed by atoms with Gasteiger partial charge in [0.2, 0.25) is 0 Å².